The standard InChI is InChI=1S/2C6H4O2S5.C6H4O2.CH4S5.2H2S5/c2*7-4-1-2-5(8)6(3-4)12-13(9,10)11;7-5-1-2-6(8)4-3-5;1-5-6(2,3)4;2*1-5(2,3)4/h2*1-3H,(H,9,10,11);1-4H;1H3,(H,2,3,4);2*(H2,1,2,3,4). The van der Waals surface area contributed by atoms with Gasteiger partial charge in [-0.3, -0.25) is 28.8 Å². The quantitative estimate of drug-likeness (QED) is 0.111. The average Bonchev–Trinajstić information content (AvgIpc) is 2.87. The van der Waals surface area contributed by atoms with Gasteiger partial charge in [-0.1, -0.05) is 92.4 Å². The summed E-state index contributed by atoms with van der Waals surface area (Å²) in [6.45, 7) is 0. The molecule has 0 amide bonds. The minimum atomic E-state index is -1.98. The van der Waals surface area contributed by atoms with E-state index in [1.807, 2.05) is 6.26 Å². The number of hydrogen-bond donors (Lipinski definition) is 7. The molecule has 0 unspecified atom stereocenters. The highest BCUT2D eigenvalue weighted by Gasteiger charge is 2.16. The molecule has 3 aliphatic carbocycles. The van der Waals surface area contributed by atoms with E-state index in [2.05, 4.69) is 126 Å². The molecule has 31 heteroatoms. The van der Waals surface area contributed by atoms with Crippen molar-refractivity contribution in [1.82, 2.24) is 0 Å². The first-order valence-electron chi connectivity index (χ1n) is 10.8. The molecular weight excluding hydrogens is 1130 g/mol. The van der Waals surface area contributed by atoms with Crippen LogP contribution in [0, 0.1) is 0 Å². The Morgan fingerprint density at radius 2 is 0.620 bits per heavy atom. The van der Waals surface area contributed by atoms with E-state index < -0.39 is 26.1 Å². The highest BCUT2D eigenvalue weighted by Crippen LogP contribution is 2.30. The van der Waals surface area contributed by atoms with E-state index in [0.717, 1.165) is 21.6 Å². The molecular formula is C19H20O6S25. The van der Waals surface area contributed by atoms with Crippen LogP contribution in [0.15, 0.2) is 70.6 Å². The SMILES string of the molecule is CSS(=S)(=S)S.O=C1C=CC(=O)C(SS(=S)(=S)S)=C1.O=C1C=CC(=O)C(SS(=S)(=S)S)=C1.O=C1C=CC(=O)C=C1.S=S(=S)(S)S.S=S(=S)(S)S. The molecule has 0 saturated heterocycles. The Morgan fingerprint density at radius 1 is 0.420 bits per heavy atom. The molecule has 0 bridgehead atoms. The van der Waals surface area contributed by atoms with E-state index in [4.69, 9.17) is 67.1 Å². The van der Waals surface area contributed by atoms with Gasteiger partial charge >= 0.3 is 0 Å². The smallest absolute Gasteiger partial charge is 0.193 e. The lowest BCUT2D eigenvalue weighted by atomic mass is 10.2. The summed E-state index contributed by atoms with van der Waals surface area (Å²) in [6, 6.07) is 0. The first-order chi connectivity index (χ1) is 22.1. The largest absolute Gasteiger partial charge is 0.290 e. The average molecular weight is 1150 g/mol. The van der Waals surface area contributed by atoms with Crippen LogP contribution in [-0.4, -0.2) is 41.0 Å². The van der Waals surface area contributed by atoms with E-state index in [9.17, 15) is 28.8 Å². The predicted octanol–water partition coefficient (Wildman–Crippen LogP) is 5.24. The summed E-state index contributed by atoms with van der Waals surface area (Å²) in [5, 5.41) is -8.56. The molecule has 0 heterocycles. The lowest BCUT2D eigenvalue weighted by Crippen LogP contribution is -2.05. The van der Waals surface area contributed by atoms with Gasteiger partial charge in [-0.25, -0.2) is 0 Å². The van der Waals surface area contributed by atoms with Gasteiger partial charge in [0.15, 0.2) is 34.7 Å². The number of ketones is 6. The molecule has 0 fully saturated rings. The van der Waals surface area contributed by atoms with Gasteiger partial charge in [-0.15, -0.1) is 0 Å². The summed E-state index contributed by atoms with van der Waals surface area (Å²) in [5.41, 5.74) is 0. The molecule has 0 atom stereocenters. The maximum absolute atomic E-state index is 11.2. The van der Waals surface area contributed by atoms with Crippen LogP contribution in [0.3, 0.4) is 0 Å². The first-order valence-corrected chi connectivity index (χ1v) is 40.0. The molecule has 3 aliphatic rings. The zero-order valence-corrected chi connectivity index (χ0v) is 44.7. The third kappa shape index (κ3) is 48.1. The van der Waals surface area contributed by atoms with Crippen LogP contribution in [0.4, 0.5) is 0 Å². The lowest BCUT2D eigenvalue weighted by Gasteiger charge is -2.06. The van der Waals surface area contributed by atoms with Crippen LogP contribution < -0.4 is 0 Å². The summed E-state index contributed by atoms with van der Waals surface area (Å²) in [4.78, 5) is 65.3. The van der Waals surface area contributed by atoms with Crippen LogP contribution >= 0.6 is 114 Å². The minimum Gasteiger partial charge on any atom is -0.290 e. The Morgan fingerprint density at radius 3 is 0.800 bits per heavy atom. The number of rotatable bonds is 5. The second-order valence-corrected chi connectivity index (χ2v) is 67.4. The van der Waals surface area contributed by atoms with Crippen LogP contribution in [0.25, 0.3) is 0 Å². The Kier molecular flexibility index (Phi) is 33.0. The van der Waals surface area contributed by atoms with Crippen LogP contribution in [0.5, 0.6) is 0 Å². The Hall–Kier alpha value is 3.91. The van der Waals surface area contributed by atoms with Crippen molar-refractivity contribution in [3.63, 3.8) is 0 Å². The molecule has 0 aromatic heterocycles. The number of carbonyl (C=O) groups excluding carboxylic acids is 6. The minimum absolute atomic E-state index is 0.121. The van der Waals surface area contributed by atoms with Gasteiger partial charge in [-0.05, 0) is 188 Å². The molecule has 0 aromatic rings. The second kappa shape index (κ2) is 28.4. The molecule has 0 aliphatic heterocycles. The molecule has 3 rings (SSSR count). The summed E-state index contributed by atoms with van der Waals surface area (Å²) in [6.07, 6.45) is 14.2. The van der Waals surface area contributed by atoms with E-state index in [1.54, 1.807) is 0 Å². The van der Waals surface area contributed by atoms with Crippen molar-refractivity contribution in [3.8, 4) is 0 Å². The zero-order chi connectivity index (χ0) is 40.3. The Balaban J connectivity index is -0.000000557. The topological polar surface area (TPSA) is 102 Å². The van der Waals surface area contributed by atoms with Crippen molar-refractivity contribution in [2.45, 2.75) is 0 Å². The van der Waals surface area contributed by atoms with Gasteiger partial charge in [-0.2, -0.15) is 0 Å². The molecule has 0 aromatic carbocycles. The third-order valence-corrected chi connectivity index (χ3v) is 16.3. The summed E-state index contributed by atoms with van der Waals surface area (Å²) >= 11 is 73.3. The molecule has 6 nitrogen and oxygen atoms in total. The summed E-state index contributed by atoms with van der Waals surface area (Å²) < 4.78 is 0. The monoisotopic (exact) mass is 1140 g/mol. The van der Waals surface area contributed by atoms with Crippen molar-refractivity contribution in [3.05, 3.63) is 70.6 Å². The Labute approximate surface area is 385 Å². The van der Waals surface area contributed by atoms with E-state index >= 15 is 0 Å². The van der Waals surface area contributed by atoms with Crippen molar-refractivity contribution >= 4 is 287 Å². The number of hydrogen-bond acceptors (Lipinski definition) is 19. The maximum atomic E-state index is 11.2. The van der Waals surface area contributed by atoms with Gasteiger partial charge in [0.1, 0.15) is 0 Å². The fourth-order valence-corrected chi connectivity index (χ4v) is 9.08. The highest BCUT2D eigenvalue weighted by atomic mass is 33.8. The molecule has 0 saturated carbocycles. The fraction of sp³-hybridized carbons (Fsp3) is 0.0526. The number of allylic oxidation sites excluding steroid dienone is 12. The molecule has 282 valence electrons. The second-order valence-electron chi connectivity index (χ2n) is 7.20. The fourth-order valence-electron chi connectivity index (χ4n) is 1.77. The molecule has 0 N–H and O–H groups in total. The normalized spacial score (nSPS) is 15.6. The van der Waals surface area contributed by atoms with E-state index in [-0.39, 0.29) is 34.7 Å². The van der Waals surface area contributed by atoms with Gasteiger partial charge in [0.25, 0.3) is 0 Å². The predicted molar refractivity (Wildman–Crippen MR) is 285 cm³/mol. The van der Waals surface area contributed by atoms with Crippen molar-refractivity contribution in [2.75, 3.05) is 6.26 Å². The Bertz CT molecular complexity index is 1890. The van der Waals surface area contributed by atoms with Crippen molar-refractivity contribution < 1.29 is 28.8 Å². The van der Waals surface area contributed by atoms with Crippen molar-refractivity contribution in [2.24, 2.45) is 0 Å². The maximum Gasteiger partial charge on any atom is 0.193 e. The number of carbonyl (C=O) groups is 6. The lowest BCUT2D eigenvalue weighted by molar-refractivity contribution is -0.114. The van der Waals surface area contributed by atoms with Crippen molar-refractivity contribution in [1.29, 1.82) is 0 Å². The summed E-state index contributed by atoms with van der Waals surface area (Å²) in [7, 11) is 3.47. The van der Waals surface area contributed by atoms with E-state index in [1.165, 1.54) is 71.6 Å². The van der Waals surface area contributed by atoms with Gasteiger partial charge in [0, 0.05) is 38.2 Å². The number of thiol groups is 7. The first kappa shape index (κ1) is 58.2. The van der Waals surface area contributed by atoms with Crippen LogP contribution in [-0.2, 0) is 167 Å². The van der Waals surface area contributed by atoms with Gasteiger partial charge in [0.2, 0.25) is 0 Å². The summed E-state index contributed by atoms with van der Waals surface area (Å²) in [5.74, 6) is -1.14. The van der Waals surface area contributed by atoms with Gasteiger partial charge in [0.05, 0.1) is 9.81 Å². The van der Waals surface area contributed by atoms with Crippen LogP contribution in [0.2, 0.25) is 0 Å². The molecule has 0 radical (unpaired) electrons. The van der Waals surface area contributed by atoms with E-state index in [0.29, 0.717) is 9.81 Å². The zero-order valence-electron chi connectivity index (χ0n) is 23.7. The third-order valence-electron chi connectivity index (χ3n) is 3.25. The molecule has 50 heavy (non-hydrogen) atoms. The molecule has 0 spiro atoms. The van der Waals surface area contributed by atoms with Crippen LogP contribution in [0.1, 0.15) is 0 Å². The van der Waals surface area contributed by atoms with Gasteiger partial charge < -0.3 is 0 Å². The highest BCUT2D eigenvalue weighted by molar-refractivity contribution is 9.23.